The first kappa shape index (κ1) is 21.3. The van der Waals surface area contributed by atoms with Crippen LogP contribution >= 0.6 is 22.9 Å². The molecule has 6 nitrogen and oxygen atoms in total. The second-order valence-electron chi connectivity index (χ2n) is 9.34. The van der Waals surface area contributed by atoms with Crippen molar-refractivity contribution in [2.45, 2.75) is 25.0 Å². The Morgan fingerprint density at radius 3 is 2.61 bits per heavy atom. The molecule has 8 heteroatoms. The van der Waals surface area contributed by atoms with E-state index in [0.29, 0.717) is 18.1 Å². The maximum absolute atomic E-state index is 10.8. The highest BCUT2D eigenvalue weighted by Crippen LogP contribution is 2.42. The first-order chi connectivity index (χ1) is 16.0. The van der Waals surface area contributed by atoms with E-state index in [0.717, 1.165) is 44.3 Å². The molecule has 2 fully saturated rings. The van der Waals surface area contributed by atoms with Crippen molar-refractivity contribution in [3.8, 4) is 21.7 Å². The Bertz CT molecular complexity index is 1300. The van der Waals surface area contributed by atoms with Crippen LogP contribution in [0.4, 0.5) is 0 Å². The lowest BCUT2D eigenvalue weighted by Crippen LogP contribution is -2.57. The van der Waals surface area contributed by atoms with Crippen LogP contribution in [0, 0.1) is 0 Å². The van der Waals surface area contributed by atoms with E-state index in [1.165, 1.54) is 42.8 Å². The average Bonchev–Trinajstić information content (AvgIpc) is 3.54. The molecule has 33 heavy (non-hydrogen) atoms. The Balaban J connectivity index is 1.32. The van der Waals surface area contributed by atoms with Crippen LogP contribution in [0.1, 0.15) is 23.4 Å². The fraction of sp³-hybridized carbons (Fsp3) is 0.360. The van der Waals surface area contributed by atoms with Gasteiger partial charge in [-0.05, 0) is 50.2 Å². The number of halogens is 1. The number of aromatic nitrogens is 3. The quantitative estimate of drug-likeness (QED) is 0.433. The topological polar surface area (TPSA) is 68.3 Å². The second kappa shape index (κ2) is 8.18. The van der Waals surface area contributed by atoms with Gasteiger partial charge in [0.05, 0.1) is 9.90 Å². The van der Waals surface area contributed by atoms with Crippen LogP contribution in [0.3, 0.4) is 0 Å². The standard InChI is InChI=1S/C25H26ClN5OS/c1-30-14-25(32,15-30)24-28-12-21(33-24)22-18-10-20(29-23(18)27-11-19(22)26)17-6-4-16(5-7-17)13-31-8-2-3-9-31/h4-7,10-12,32H,2-3,8-9,13-15H2,1H3,(H,27,29). The van der Waals surface area contributed by atoms with Crippen LogP contribution < -0.4 is 0 Å². The van der Waals surface area contributed by atoms with Gasteiger partial charge in [0, 0.05) is 48.7 Å². The molecule has 0 bridgehead atoms. The van der Waals surface area contributed by atoms with E-state index < -0.39 is 5.60 Å². The minimum absolute atomic E-state index is 0.585. The number of aromatic amines is 1. The zero-order chi connectivity index (χ0) is 22.6. The summed E-state index contributed by atoms with van der Waals surface area (Å²) in [6.07, 6.45) is 6.12. The molecule has 0 atom stereocenters. The van der Waals surface area contributed by atoms with Crippen LogP contribution in [0.15, 0.2) is 42.7 Å². The smallest absolute Gasteiger partial charge is 0.141 e. The molecule has 0 saturated carbocycles. The SMILES string of the molecule is CN1CC(O)(c2ncc(-c3c(Cl)cnc4[nH]c(-c5ccc(CN6CCCC6)cc5)cc34)s2)C1. The highest BCUT2D eigenvalue weighted by atomic mass is 35.5. The molecule has 0 unspecified atom stereocenters. The number of nitrogens with zero attached hydrogens (tertiary/aromatic N) is 4. The summed E-state index contributed by atoms with van der Waals surface area (Å²) in [6.45, 7) is 4.62. The van der Waals surface area contributed by atoms with Crippen molar-refractivity contribution in [3.05, 3.63) is 58.3 Å². The van der Waals surface area contributed by atoms with Crippen molar-refractivity contribution < 1.29 is 5.11 Å². The summed E-state index contributed by atoms with van der Waals surface area (Å²) in [5.41, 5.74) is 4.32. The fourth-order valence-electron chi connectivity index (χ4n) is 5.03. The van der Waals surface area contributed by atoms with Gasteiger partial charge in [-0.3, -0.25) is 9.80 Å². The minimum atomic E-state index is -0.865. The number of H-pyrrole nitrogens is 1. The Labute approximate surface area is 201 Å². The molecule has 2 N–H and O–H groups in total. The van der Waals surface area contributed by atoms with Crippen molar-refractivity contribution in [3.63, 3.8) is 0 Å². The zero-order valence-electron chi connectivity index (χ0n) is 18.5. The van der Waals surface area contributed by atoms with E-state index in [-0.39, 0.29) is 0 Å². The maximum atomic E-state index is 10.8. The van der Waals surface area contributed by atoms with E-state index in [1.807, 2.05) is 13.2 Å². The predicted octanol–water partition coefficient (Wildman–Crippen LogP) is 4.74. The number of likely N-dealkylation sites (N-methyl/N-ethyl adjacent to an activating group) is 1. The molecular weight excluding hydrogens is 454 g/mol. The molecule has 6 rings (SSSR count). The molecule has 2 saturated heterocycles. The van der Waals surface area contributed by atoms with E-state index in [4.69, 9.17) is 11.6 Å². The largest absolute Gasteiger partial charge is 0.380 e. The van der Waals surface area contributed by atoms with Gasteiger partial charge in [0.15, 0.2) is 0 Å². The van der Waals surface area contributed by atoms with Gasteiger partial charge >= 0.3 is 0 Å². The molecule has 170 valence electrons. The molecule has 4 aromatic rings. The summed E-state index contributed by atoms with van der Waals surface area (Å²) in [5.74, 6) is 0. The van der Waals surface area contributed by atoms with Gasteiger partial charge in [-0.2, -0.15) is 0 Å². The highest BCUT2D eigenvalue weighted by molar-refractivity contribution is 7.15. The van der Waals surface area contributed by atoms with Gasteiger partial charge in [0.2, 0.25) is 0 Å². The molecule has 1 aromatic carbocycles. The summed E-state index contributed by atoms with van der Waals surface area (Å²) >= 11 is 8.12. The molecule has 0 amide bonds. The molecule has 0 aliphatic carbocycles. The maximum Gasteiger partial charge on any atom is 0.141 e. The van der Waals surface area contributed by atoms with Crippen molar-refractivity contribution in [1.82, 2.24) is 24.8 Å². The number of rotatable bonds is 5. The lowest BCUT2D eigenvalue weighted by atomic mass is 9.96. The van der Waals surface area contributed by atoms with Crippen LogP contribution in [0.5, 0.6) is 0 Å². The third-order valence-corrected chi connectivity index (χ3v) is 8.19. The number of benzene rings is 1. The number of thiazole rings is 1. The number of hydrogen-bond acceptors (Lipinski definition) is 6. The summed E-state index contributed by atoms with van der Waals surface area (Å²) in [6, 6.07) is 10.9. The monoisotopic (exact) mass is 479 g/mol. The van der Waals surface area contributed by atoms with E-state index in [2.05, 4.69) is 55.1 Å². The Hall–Kier alpha value is -2.29. The Kier molecular flexibility index (Phi) is 5.27. The average molecular weight is 480 g/mol. The van der Waals surface area contributed by atoms with Gasteiger partial charge in [0.1, 0.15) is 16.3 Å². The number of fused-ring (bicyclic) bond motifs is 1. The van der Waals surface area contributed by atoms with Crippen molar-refractivity contribution in [2.24, 2.45) is 0 Å². The van der Waals surface area contributed by atoms with Gasteiger partial charge in [0.25, 0.3) is 0 Å². The number of hydrogen-bond donors (Lipinski definition) is 2. The number of pyridine rings is 1. The van der Waals surface area contributed by atoms with Crippen LogP contribution in [0.2, 0.25) is 5.02 Å². The number of aliphatic hydroxyl groups is 1. The van der Waals surface area contributed by atoms with E-state index >= 15 is 0 Å². The van der Waals surface area contributed by atoms with Gasteiger partial charge in [-0.15, -0.1) is 11.3 Å². The van der Waals surface area contributed by atoms with Crippen LogP contribution in [0.25, 0.3) is 32.7 Å². The zero-order valence-corrected chi connectivity index (χ0v) is 20.1. The second-order valence-corrected chi connectivity index (χ2v) is 10.8. The lowest BCUT2D eigenvalue weighted by Gasteiger charge is -2.42. The molecular formula is C25H26ClN5OS. The lowest BCUT2D eigenvalue weighted by molar-refractivity contribution is -0.0919. The fourth-order valence-corrected chi connectivity index (χ4v) is 6.40. The molecule has 5 heterocycles. The normalized spacial score (nSPS) is 18.8. The summed E-state index contributed by atoms with van der Waals surface area (Å²) < 4.78 is 0. The van der Waals surface area contributed by atoms with Crippen LogP contribution in [-0.2, 0) is 12.1 Å². The highest BCUT2D eigenvalue weighted by Gasteiger charge is 2.43. The summed E-state index contributed by atoms with van der Waals surface area (Å²) in [5, 5.41) is 13.1. The number of nitrogens with one attached hydrogen (secondary N) is 1. The third kappa shape index (κ3) is 3.88. The van der Waals surface area contributed by atoms with Gasteiger partial charge in [-0.1, -0.05) is 35.9 Å². The van der Waals surface area contributed by atoms with Gasteiger partial charge < -0.3 is 10.1 Å². The molecule has 2 aliphatic rings. The van der Waals surface area contributed by atoms with E-state index in [1.54, 1.807) is 6.20 Å². The molecule has 2 aliphatic heterocycles. The number of β-amino-alcohol motifs (C(OH)–C–C–N with tert-alkyl or cyclic N) is 1. The summed E-state index contributed by atoms with van der Waals surface area (Å²) in [7, 11) is 1.99. The molecule has 0 radical (unpaired) electrons. The molecule has 3 aromatic heterocycles. The molecule has 0 spiro atoms. The number of likely N-dealkylation sites (tertiary alicyclic amines) is 2. The van der Waals surface area contributed by atoms with Gasteiger partial charge in [-0.25, -0.2) is 9.97 Å². The summed E-state index contributed by atoms with van der Waals surface area (Å²) in [4.78, 5) is 18.0. The van der Waals surface area contributed by atoms with E-state index in [9.17, 15) is 5.11 Å². The first-order valence-corrected chi connectivity index (χ1v) is 12.5. The van der Waals surface area contributed by atoms with Crippen molar-refractivity contribution >= 4 is 34.0 Å². The predicted molar refractivity (Wildman–Crippen MR) is 134 cm³/mol. The third-order valence-electron chi connectivity index (χ3n) is 6.69. The Morgan fingerprint density at radius 1 is 1.12 bits per heavy atom. The minimum Gasteiger partial charge on any atom is -0.380 e. The first-order valence-electron chi connectivity index (χ1n) is 11.3. The Morgan fingerprint density at radius 2 is 1.88 bits per heavy atom. The van der Waals surface area contributed by atoms with Crippen LogP contribution in [-0.4, -0.2) is 63.1 Å². The van der Waals surface area contributed by atoms with Crippen molar-refractivity contribution in [1.29, 1.82) is 0 Å². The van der Waals surface area contributed by atoms with Crippen molar-refractivity contribution in [2.75, 3.05) is 33.2 Å².